The number of ether oxygens (including phenoxy) is 3. The molecular formula is C28H41ClF4N4O6S. The number of hydrogen-bond donors (Lipinski definition) is 1. The fourth-order valence-corrected chi connectivity index (χ4v) is 4.68. The molecule has 16 heteroatoms. The van der Waals surface area contributed by atoms with Crippen LogP contribution in [-0.2, 0) is 9.53 Å². The van der Waals surface area contributed by atoms with Crippen molar-refractivity contribution in [3.05, 3.63) is 34.9 Å². The molecule has 10 nitrogen and oxygen atoms in total. The Hall–Kier alpha value is -2.94. The number of amides is 2. The van der Waals surface area contributed by atoms with Gasteiger partial charge < -0.3 is 23.9 Å². The van der Waals surface area contributed by atoms with Crippen molar-refractivity contribution in [3.63, 3.8) is 0 Å². The van der Waals surface area contributed by atoms with Crippen molar-refractivity contribution in [2.45, 2.75) is 90.4 Å². The number of carbonyl (C=O) groups is 2. The molecule has 2 heterocycles. The molecule has 0 bridgehead atoms. The Morgan fingerprint density at radius 2 is 1.82 bits per heavy atom. The zero-order valence-corrected chi connectivity index (χ0v) is 27.7. The van der Waals surface area contributed by atoms with Crippen molar-refractivity contribution < 1.29 is 45.8 Å². The highest BCUT2D eigenvalue weighted by molar-refractivity contribution is 8.00. The molecule has 250 valence electrons. The van der Waals surface area contributed by atoms with E-state index in [4.69, 9.17) is 30.2 Å². The number of rotatable bonds is 9. The van der Waals surface area contributed by atoms with Crippen LogP contribution in [0.5, 0.6) is 11.8 Å². The molecule has 2 aromatic rings. The van der Waals surface area contributed by atoms with Crippen LogP contribution in [0.25, 0.3) is 0 Å². The van der Waals surface area contributed by atoms with Crippen LogP contribution in [0.2, 0.25) is 5.02 Å². The third kappa shape index (κ3) is 12.6. The van der Waals surface area contributed by atoms with Gasteiger partial charge in [-0.25, -0.2) is 9.18 Å². The summed E-state index contributed by atoms with van der Waals surface area (Å²) in [5.41, 5.74) is -0.854. The lowest BCUT2D eigenvalue weighted by molar-refractivity contribution is -0.140. The van der Waals surface area contributed by atoms with Gasteiger partial charge in [-0.1, -0.05) is 44.4 Å². The third-order valence-electron chi connectivity index (χ3n) is 5.59. The summed E-state index contributed by atoms with van der Waals surface area (Å²) in [7, 11) is 0. The van der Waals surface area contributed by atoms with Crippen molar-refractivity contribution in [1.82, 2.24) is 20.4 Å². The Kier molecular flexibility index (Phi) is 15.6. The number of aromatic nitrogens is 2. The van der Waals surface area contributed by atoms with Gasteiger partial charge in [-0.2, -0.15) is 13.2 Å². The van der Waals surface area contributed by atoms with Crippen LogP contribution in [0.4, 0.5) is 22.4 Å². The number of nitrogens with zero attached hydrogens (tertiary/aromatic N) is 3. The van der Waals surface area contributed by atoms with Crippen molar-refractivity contribution in [3.8, 4) is 11.8 Å². The molecule has 2 atom stereocenters. The van der Waals surface area contributed by atoms with E-state index in [0.717, 1.165) is 6.07 Å². The van der Waals surface area contributed by atoms with Gasteiger partial charge in [-0.15, -0.1) is 16.9 Å². The molecule has 1 unspecified atom stereocenters. The minimum Gasteiger partial charge on any atom is -0.484 e. The van der Waals surface area contributed by atoms with Gasteiger partial charge in [0.05, 0.1) is 18.0 Å². The molecule has 1 aromatic heterocycles. The minimum atomic E-state index is -4.42. The van der Waals surface area contributed by atoms with Crippen LogP contribution in [0.1, 0.15) is 79.7 Å². The van der Waals surface area contributed by atoms with Gasteiger partial charge in [0.25, 0.3) is 5.91 Å². The van der Waals surface area contributed by atoms with Gasteiger partial charge >= 0.3 is 18.3 Å². The van der Waals surface area contributed by atoms with E-state index in [1.54, 1.807) is 27.0 Å². The first-order valence-electron chi connectivity index (χ1n) is 14.1. The second-order valence-corrected chi connectivity index (χ2v) is 11.5. The second-order valence-electron chi connectivity index (χ2n) is 9.89. The number of benzene rings is 1. The van der Waals surface area contributed by atoms with Crippen molar-refractivity contribution in [1.29, 1.82) is 0 Å². The number of nitrogens with one attached hydrogen (secondary N) is 1. The van der Waals surface area contributed by atoms with Gasteiger partial charge in [-0.05, 0) is 52.0 Å². The third-order valence-corrected chi connectivity index (χ3v) is 7.11. The first-order valence-corrected chi connectivity index (χ1v) is 15.7. The summed E-state index contributed by atoms with van der Waals surface area (Å²) in [6.07, 6.45) is -4.49. The zero-order chi connectivity index (χ0) is 33.7. The quantitative estimate of drug-likeness (QED) is 0.213. The summed E-state index contributed by atoms with van der Waals surface area (Å²) < 4.78 is 72.2. The lowest BCUT2D eigenvalue weighted by atomic mass is 9.97. The number of thioether (sulfide) groups is 1. The normalized spacial score (nSPS) is 18.2. The lowest BCUT2D eigenvalue weighted by Crippen LogP contribution is -2.59. The zero-order valence-electron chi connectivity index (χ0n) is 26.1. The van der Waals surface area contributed by atoms with E-state index in [-0.39, 0.29) is 29.6 Å². The van der Waals surface area contributed by atoms with E-state index in [0.29, 0.717) is 6.42 Å². The molecule has 1 fully saturated rings. The number of carbonyl (C=O) groups excluding carboxylic acids is 2. The molecule has 3 rings (SSSR count). The molecule has 1 aromatic carbocycles. The molecule has 44 heavy (non-hydrogen) atoms. The van der Waals surface area contributed by atoms with Crippen LogP contribution in [0.15, 0.2) is 22.6 Å². The number of likely N-dealkylation sites (tertiary alicyclic amines) is 1. The molecule has 1 aliphatic rings. The van der Waals surface area contributed by atoms with Crippen LogP contribution in [0.3, 0.4) is 0 Å². The van der Waals surface area contributed by atoms with E-state index < -0.39 is 66.2 Å². The summed E-state index contributed by atoms with van der Waals surface area (Å²) in [5, 5.41) is 10.3. The maximum atomic E-state index is 13.7. The highest BCUT2D eigenvalue weighted by Crippen LogP contribution is 2.40. The molecule has 0 radical (unpaired) electrons. The number of alkyl halides is 3. The second kappa shape index (κ2) is 17.5. The highest BCUT2D eigenvalue weighted by atomic mass is 35.5. The number of piperidine rings is 1. The molecular weight excluding hydrogens is 632 g/mol. The largest absolute Gasteiger partial charge is 0.484 e. The van der Waals surface area contributed by atoms with Crippen LogP contribution in [-0.4, -0.2) is 69.8 Å². The number of halogens is 5. The monoisotopic (exact) mass is 672 g/mol. The first-order chi connectivity index (χ1) is 20.6. The van der Waals surface area contributed by atoms with E-state index in [1.807, 2.05) is 27.7 Å². The standard InChI is InChI=1S/C24H29ClF4N4O6S.2C2H6/c1-22(2,3)39-21(35)33-13-23(40-4,30-18(34)12-37-14-5-6-15(25)16(26)11-14)8-7-17(33)19-31-32-20(38-19)36-10-9-24(27,28)29;2*1-2/h5-6,11,17H,7-10,12-13H2,1-4H3,(H,30,34);2*1-2H3/t17?,23-;;/m0../s1. The first kappa shape index (κ1) is 39.1. The van der Waals surface area contributed by atoms with Crippen LogP contribution >= 0.6 is 23.4 Å². The fraction of sp³-hybridized carbons (Fsp3) is 0.643. The van der Waals surface area contributed by atoms with Crippen LogP contribution in [0, 0.1) is 5.82 Å². The molecule has 1 N–H and O–H groups in total. The van der Waals surface area contributed by atoms with Gasteiger partial charge in [0.2, 0.25) is 5.89 Å². The fourth-order valence-electron chi connectivity index (χ4n) is 3.75. The minimum absolute atomic E-state index is 0.0400. The van der Waals surface area contributed by atoms with Gasteiger partial charge in [0, 0.05) is 6.07 Å². The van der Waals surface area contributed by atoms with Gasteiger partial charge in [0.15, 0.2) is 6.61 Å². The predicted molar refractivity (Wildman–Crippen MR) is 159 cm³/mol. The van der Waals surface area contributed by atoms with Crippen molar-refractivity contribution >= 4 is 35.4 Å². The Morgan fingerprint density at radius 1 is 1.16 bits per heavy atom. The number of hydrogen-bond acceptors (Lipinski definition) is 9. The van der Waals surface area contributed by atoms with Gasteiger partial charge in [-0.3, -0.25) is 9.69 Å². The summed E-state index contributed by atoms with van der Waals surface area (Å²) >= 11 is 6.96. The summed E-state index contributed by atoms with van der Waals surface area (Å²) in [6.45, 7) is 11.9. The Bertz CT molecular complexity index is 1200. The van der Waals surface area contributed by atoms with E-state index in [1.165, 1.54) is 28.8 Å². The molecule has 0 saturated carbocycles. The predicted octanol–water partition coefficient (Wildman–Crippen LogP) is 7.57. The Labute approximate surface area is 264 Å². The van der Waals surface area contributed by atoms with Crippen molar-refractivity contribution in [2.24, 2.45) is 0 Å². The average molecular weight is 673 g/mol. The lowest BCUT2D eigenvalue weighted by Gasteiger charge is -2.45. The van der Waals surface area contributed by atoms with E-state index in [9.17, 15) is 27.2 Å². The molecule has 0 spiro atoms. The SMILES string of the molecule is CC.CC.CS[C@@]1(NC(=O)COc2ccc(Cl)c(F)c2)CCC(c2nnc(OCCC(F)(F)F)o2)N(C(=O)OC(C)(C)C)C1. The maximum Gasteiger partial charge on any atom is 0.414 e. The Balaban J connectivity index is 0.00000232. The molecule has 1 aliphatic heterocycles. The summed E-state index contributed by atoms with van der Waals surface area (Å²) in [4.78, 5) is 26.3. The van der Waals surface area contributed by atoms with Gasteiger partial charge in [0.1, 0.15) is 34.7 Å². The van der Waals surface area contributed by atoms with Crippen LogP contribution < -0.4 is 14.8 Å². The highest BCUT2D eigenvalue weighted by Gasteiger charge is 2.46. The Morgan fingerprint density at radius 3 is 2.39 bits per heavy atom. The van der Waals surface area contributed by atoms with E-state index in [2.05, 4.69) is 15.5 Å². The smallest absolute Gasteiger partial charge is 0.414 e. The molecule has 0 aliphatic carbocycles. The van der Waals surface area contributed by atoms with E-state index >= 15 is 0 Å². The summed E-state index contributed by atoms with van der Waals surface area (Å²) in [6, 6.07) is 2.98. The summed E-state index contributed by atoms with van der Waals surface area (Å²) in [5.74, 6) is -1.16. The topological polar surface area (TPSA) is 116 Å². The maximum absolute atomic E-state index is 13.7. The average Bonchev–Trinajstić information content (AvgIpc) is 3.43. The molecule has 2 amide bonds. The molecule has 1 saturated heterocycles. The van der Waals surface area contributed by atoms with Crippen molar-refractivity contribution in [2.75, 3.05) is 26.0 Å².